The van der Waals surface area contributed by atoms with Crippen LogP contribution in [0.25, 0.3) is 0 Å². The first kappa shape index (κ1) is 36.7. The number of hydrogen-bond acceptors (Lipinski definition) is 15. The summed E-state index contributed by atoms with van der Waals surface area (Å²) in [4.78, 5) is 39.9. The third-order valence-corrected chi connectivity index (χ3v) is 6.85. The summed E-state index contributed by atoms with van der Waals surface area (Å²) in [6.45, 7) is -1.10. The third-order valence-electron chi connectivity index (χ3n) is 6.85. The van der Waals surface area contributed by atoms with E-state index in [0.717, 1.165) is 0 Å². The lowest BCUT2D eigenvalue weighted by Crippen LogP contribution is -2.31. The number of carbonyl (C=O) groups is 3. The van der Waals surface area contributed by atoms with Gasteiger partial charge in [-0.3, -0.25) is 0 Å². The van der Waals surface area contributed by atoms with Crippen LogP contribution in [0.1, 0.15) is 31.1 Å². The molecule has 0 radical (unpaired) electrons. The molecule has 0 heterocycles. The van der Waals surface area contributed by atoms with Gasteiger partial charge < -0.3 is 56.8 Å². The van der Waals surface area contributed by atoms with Crippen molar-refractivity contribution in [2.75, 3.05) is 77.2 Å². The SMILES string of the molecule is COc1ccc(C(=O)OCC(COC(=O)c2ccc(OC)c(OC)c2OC)OC(=O)c2ccc(OC)c(OC)c2OC)c(OC)c1OC. The monoisotopic (exact) mass is 674 g/mol. The Kier molecular flexibility index (Phi) is 13.2. The summed E-state index contributed by atoms with van der Waals surface area (Å²) in [5.74, 6) is -1.07. The molecule has 0 bridgehead atoms. The second-order valence-electron chi connectivity index (χ2n) is 9.37. The molecule has 3 aromatic carbocycles. The van der Waals surface area contributed by atoms with Crippen LogP contribution in [-0.2, 0) is 14.2 Å². The first-order chi connectivity index (χ1) is 23.2. The molecule has 0 fully saturated rings. The van der Waals surface area contributed by atoms with E-state index in [4.69, 9.17) is 56.8 Å². The molecule has 0 unspecified atom stereocenters. The Morgan fingerprint density at radius 2 is 0.708 bits per heavy atom. The number of methoxy groups -OCH3 is 9. The van der Waals surface area contributed by atoms with Gasteiger partial charge in [0, 0.05) is 0 Å². The van der Waals surface area contributed by atoms with Gasteiger partial charge in [0.05, 0.1) is 64.0 Å². The van der Waals surface area contributed by atoms with Crippen LogP contribution in [0.15, 0.2) is 36.4 Å². The van der Waals surface area contributed by atoms with Crippen LogP contribution in [0.4, 0.5) is 0 Å². The Balaban J connectivity index is 1.93. The van der Waals surface area contributed by atoms with Crippen LogP contribution in [0.3, 0.4) is 0 Å². The third kappa shape index (κ3) is 7.79. The van der Waals surface area contributed by atoms with Crippen molar-refractivity contribution < 1.29 is 71.2 Å². The fourth-order valence-electron chi connectivity index (χ4n) is 4.61. The Bertz CT molecular complexity index is 1520. The van der Waals surface area contributed by atoms with Crippen LogP contribution in [0.2, 0.25) is 0 Å². The van der Waals surface area contributed by atoms with E-state index in [0.29, 0.717) is 17.2 Å². The van der Waals surface area contributed by atoms with Gasteiger partial charge in [0.1, 0.15) is 29.9 Å². The summed E-state index contributed by atoms with van der Waals surface area (Å²) in [5.41, 5.74) is -0.0522. The molecule has 0 saturated carbocycles. The van der Waals surface area contributed by atoms with Crippen molar-refractivity contribution in [1.29, 1.82) is 0 Å². The maximum atomic E-state index is 13.5. The van der Waals surface area contributed by atoms with Gasteiger partial charge in [-0.25, -0.2) is 14.4 Å². The molecule has 3 rings (SSSR count). The predicted octanol–water partition coefficient (Wildman–Crippen LogP) is 4.00. The van der Waals surface area contributed by atoms with Crippen LogP contribution >= 0.6 is 0 Å². The Labute approximate surface area is 277 Å². The quantitative estimate of drug-likeness (QED) is 0.149. The van der Waals surface area contributed by atoms with E-state index in [-0.39, 0.29) is 51.2 Å². The number of carbonyl (C=O) groups excluding carboxylic acids is 3. The topological polar surface area (TPSA) is 162 Å². The van der Waals surface area contributed by atoms with E-state index >= 15 is 0 Å². The maximum absolute atomic E-state index is 13.5. The van der Waals surface area contributed by atoms with Crippen LogP contribution in [-0.4, -0.2) is 101 Å². The van der Waals surface area contributed by atoms with Gasteiger partial charge in [-0.1, -0.05) is 0 Å². The van der Waals surface area contributed by atoms with Gasteiger partial charge in [0.25, 0.3) is 0 Å². The highest BCUT2D eigenvalue weighted by molar-refractivity contribution is 5.96. The first-order valence-electron chi connectivity index (χ1n) is 14.1. The molecule has 0 amide bonds. The second kappa shape index (κ2) is 17.3. The normalized spacial score (nSPS) is 10.4. The Morgan fingerprint density at radius 3 is 0.979 bits per heavy atom. The minimum atomic E-state index is -1.32. The largest absolute Gasteiger partial charge is 0.493 e. The second-order valence-corrected chi connectivity index (χ2v) is 9.37. The van der Waals surface area contributed by atoms with Gasteiger partial charge in [-0.05, 0) is 36.4 Å². The molecule has 48 heavy (non-hydrogen) atoms. The lowest BCUT2D eigenvalue weighted by molar-refractivity contribution is -0.0257. The average molecular weight is 675 g/mol. The smallest absolute Gasteiger partial charge is 0.342 e. The average Bonchev–Trinajstić information content (AvgIpc) is 3.12. The lowest BCUT2D eigenvalue weighted by Gasteiger charge is -2.21. The lowest BCUT2D eigenvalue weighted by atomic mass is 10.1. The van der Waals surface area contributed by atoms with E-state index in [1.165, 1.54) is 100 Å². The fourth-order valence-corrected chi connectivity index (χ4v) is 4.61. The van der Waals surface area contributed by atoms with Crippen molar-refractivity contribution in [1.82, 2.24) is 0 Å². The molecule has 15 heteroatoms. The molecule has 260 valence electrons. The zero-order valence-electron chi connectivity index (χ0n) is 28.1. The molecule has 0 spiro atoms. The molecule has 3 aromatic rings. The van der Waals surface area contributed by atoms with Crippen molar-refractivity contribution in [3.63, 3.8) is 0 Å². The van der Waals surface area contributed by atoms with E-state index in [9.17, 15) is 14.4 Å². The molecular formula is C33H38O15. The fraction of sp³-hybridized carbons (Fsp3) is 0.364. The summed E-state index contributed by atoms with van der Waals surface area (Å²) in [5, 5.41) is 0. The van der Waals surface area contributed by atoms with Crippen molar-refractivity contribution in [3.05, 3.63) is 53.1 Å². The zero-order chi connectivity index (χ0) is 35.4. The van der Waals surface area contributed by atoms with Crippen LogP contribution in [0.5, 0.6) is 51.7 Å². The van der Waals surface area contributed by atoms with Crippen molar-refractivity contribution in [2.24, 2.45) is 0 Å². The first-order valence-corrected chi connectivity index (χ1v) is 14.1. The molecule has 0 aliphatic rings. The van der Waals surface area contributed by atoms with Gasteiger partial charge in [-0.2, -0.15) is 0 Å². The Hall–Kier alpha value is -5.73. The van der Waals surface area contributed by atoms with Gasteiger partial charge >= 0.3 is 17.9 Å². The molecule has 0 aliphatic heterocycles. The number of esters is 3. The summed E-state index contributed by atoms with van der Waals surface area (Å²) in [6, 6.07) is 8.72. The molecule has 0 aromatic heterocycles. The van der Waals surface area contributed by atoms with Gasteiger partial charge in [-0.15, -0.1) is 0 Å². The maximum Gasteiger partial charge on any atom is 0.342 e. The highest BCUT2D eigenvalue weighted by atomic mass is 16.6. The van der Waals surface area contributed by atoms with E-state index < -0.39 is 37.2 Å². The number of benzene rings is 3. The number of rotatable bonds is 17. The molecule has 0 N–H and O–H groups in total. The van der Waals surface area contributed by atoms with Crippen LogP contribution < -0.4 is 42.6 Å². The molecule has 15 nitrogen and oxygen atoms in total. The Morgan fingerprint density at radius 1 is 0.417 bits per heavy atom. The summed E-state index contributed by atoms with van der Waals surface area (Å²) in [7, 11) is 12.5. The van der Waals surface area contributed by atoms with Crippen molar-refractivity contribution in [2.45, 2.75) is 6.10 Å². The van der Waals surface area contributed by atoms with Gasteiger partial charge in [0.15, 0.2) is 40.6 Å². The van der Waals surface area contributed by atoms with Gasteiger partial charge in [0.2, 0.25) is 17.2 Å². The van der Waals surface area contributed by atoms with E-state index in [1.54, 1.807) is 0 Å². The van der Waals surface area contributed by atoms with E-state index in [1.807, 2.05) is 0 Å². The molecule has 0 saturated heterocycles. The van der Waals surface area contributed by atoms with Crippen LogP contribution in [0, 0.1) is 0 Å². The highest BCUT2D eigenvalue weighted by Gasteiger charge is 2.29. The minimum absolute atomic E-state index is 0.00570. The van der Waals surface area contributed by atoms with E-state index in [2.05, 4.69) is 0 Å². The highest BCUT2D eigenvalue weighted by Crippen LogP contribution is 2.42. The number of ether oxygens (including phenoxy) is 12. The summed E-state index contributed by atoms with van der Waals surface area (Å²) >= 11 is 0. The zero-order valence-corrected chi connectivity index (χ0v) is 28.1. The predicted molar refractivity (Wildman–Crippen MR) is 168 cm³/mol. The summed E-state index contributed by atoms with van der Waals surface area (Å²) in [6.07, 6.45) is -1.32. The molecule has 0 atom stereocenters. The molecule has 0 aliphatic carbocycles. The van der Waals surface area contributed by atoms with Crippen molar-refractivity contribution >= 4 is 17.9 Å². The van der Waals surface area contributed by atoms with Crippen molar-refractivity contribution in [3.8, 4) is 51.7 Å². The molecular weight excluding hydrogens is 636 g/mol. The minimum Gasteiger partial charge on any atom is -0.493 e. The number of hydrogen-bond donors (Lipinski definition) is 0. The summed E-state index contributed by atoms with van der Waals surface area (Å²) < 4.78 is 64.8. The standard InChI is InChI=1S/C33H38O15/c1-37-22-13-10-19(25(40-4)28(22)43-7)31(34)46-16-18(48-33(36)21-12-15-24(39-3)30(45-9)27(21)42-6)17-47-32(35)20-11-14-23(38-2)29(44-8)26(20)41-5/h10-15,18H,16-17H2,1-9H3.